The van der Waals surface area contributed by atoms with E-state index in [2.05, 4.69) is 29.0 Å². The quantitative estimate of drug-likeness (QED) is 0.555. The monoisotopic (exact) mass is 427 g/mol. The number of nitrogens with zero attached hydrogens (tertiary/aromatic N) is 4. The van der Waals surface area contributed by atoms with Gasteiger partial charge in [-0.25, -0.2) is 9.37 Å². The number of nitrogens with one attached hydrogen (secondary N) is 1. The first kappa shape index (κ1) is 21.5. The fourth-order valence-corrected chi connectivity index (χ4v) is 3.96. The lowest BCUT2D eigenvalue weighted by Crippen LogP contribution is -2.38. The van der Waals surface area contributed by atoms with Crippen molar-refractivity contribution in [1.29, 1.82) is 0 Å². The van der Waals surface area contributed by atoms with Gasteiger partial charge < -0.3 is 19.4 Å². The molecule has 1 aliphatic heterocycles. The first-order valence-corrected chi connectivity index (χ1v) is 10.8. The topological polar surface area (TPSA) is 68.3 Å². The Bertz CT molecular complexity index is 990. The number of oxazole rings is 1. The Morgan fingerprint density at radius 1 is 1.16 bits per heavy atom. The molecule has 0 radical (unpaired) electrons. The number of morpholine rings is 1. The molecule has 0 saturated carbocycles. The maximum absolute atomic E-state index is 13.1. The molecular weight excluding hydrogens is 397 g/mol. The zero-order valence-electron chi connectivity index (χ0n) is 18.4. The predicted molar refractivity (Wildman–Crippen MR) is 118 cm³/mol. The van der Waals surface area contributed by atoms with Crippen LogP contribution < -0.4 is 10.2 Å². The molecule has 1 aromatic carbocycles. The Balaban J connectivity index is 1.39. The molecule has 3 heterocycles. The molecule has 0 bridgehead atoms. The molecule has 7 nitrogen and oxygen atoms in total. The van der Waals surface area contributed by atoms with Gasteiger partial charge in [0.1, 0.15) is 17.9 Å². The van der Waals surface area contributed by atoms with Gasteiger partial charge in [-0.1, -0.05) is 13.8 Å². The number of hydrogen-bond donors (Lipinski definition) is 1. The number of hydrogen-bond acceptors (Lipinski definition) is 6. The van der Waals surface area contributed by atoms with Crippen molar-refractivity contribution in [2.24, 2.45) is 7.05 Å². The largest absolute Gasteiger partial charge is 0.444 e. The van der Waals surface area contributed by atoms with Crippen LogP contribution in [0.4, 0.5) is 10.2 Å². The van der Waals surface area contributed by atoms with Crippen LogP contribution in [0.15, 0.2) is 34.9 Å². The van der Waals surface area contributed by atoms with E-state index < -0.39 is 0 Å². The molecule has 0 aliphatic carbocycles. The highest BCUT2D eigenvalue weighted by atomic mass is 19.1. The summed E-state index contributed by atoms with van der Waals surface area (Å²) >= 11 is 0. The molecule has 3 aromatic rings. The Hall–Kier alpha value is -2.71. The maximum atomic E-state index is 13.1. The Labute approximate surface area is 182 Å². The van der Waals surface area contributed by atoms with Crippen molar-refractivity contribution in [3.05, 3.63) is 53.3 Å². The average Bonchev–Trinajstić information content (AvgIpc) is 3.37. The van der Waals surface area contributed by atoms with E-state index in [1.54, 1.807) is 18.4 Å². The van der Waals surface area contributed by atoms with Crippen LogP contribution >= 0.6 is 0 Å². The Kier molecular flexibility index (Phi) is 6.67. The van der Waals surface area contributed by atoms with E-state index in [0.717, 1.165) is 62.8 Å². The summed E-state index contributed by atoms with van der Waals surface area (Å²) < 4.78 is 26.2. The second-order valence-electron chi connectivity index (χ2n) is 8.14. The summed E-state index contributed by atoms with van der Waals surface area (Å²) in [5.41, 5.74) is 4.03. The second-order valence-corrected chi connectivity index (χ2v) is 8.14. The van der Waals surface area contributed by atoms with E-state index >= 15 is 0 Å². The summed E-state index contributed by atoms with van der Waals surface area (Å²) in [5.74, 6) is 1.78. The summed E-state index contributed by atoms with van der Waals surface area (Å²) in [4.78, 5) is 6.89. The maximum Gasteiger partial charge on any atom is 0.226 e. The molecule has 0 spiro atoms. The van der Waals surface area contributed by atoms with Gasteiger partial charge in [0.15, 0.2) is 0 Å². The molecule has 1 saturated heterocycles. The highest BCUT2D eigenvalue weighted by Crippen LogP contribution is 2.29. The second kappa shape index (κ2) is 9.62. The van der Waals surface area contributed by atoms with Gasteiger partial charge in [-0.05, 0) is 30.2 Å². The van der Waals surface area contributed by atoms with Crippen LogP contribution in [0.5, 0.6) is 0 Å². The fraction of sp³-hybridized carbons (Fsp3) is 0.478. The van der Waals surface area contributed by atoms with Crippen LogP contribution in [-0.2, 0) is 24.8 Å². The number of ether oxygens (including phenoxy) is 1. The third-order valence-corrected chi connectivity index (χ3v) is 5.50. The zero-order chi connectivity index (χ0) is 21.8. The minimum Gasteiger partial charge on any atom is -0.444 e. The number of benzene rings is 1. The average molecular weight is 428 g/mol. The van der Waals surface area contributed by atoms with Crippen molar-refractivity contribution >= 4 is 5.82 Å². The zero-order valence-corrected chi connectivity index (χ0v) is 18.4. The van der Waals surface area contributed by atoms with Gasteiger partial charge in [-0.15, -0.1) is 0 Å². The molecule has 166 valence electrons. The third kappa shape index (κ3) is 4.97. The van der Waals surface area contributed by atoms with Gasteiger partial charge >= 0.3 is 0 Å². The van der Waals surface area contributed by atoms with E-state index in [1.807, 2.05) is 11.7 Å². The van der Waals surface area contributed by atoms with E-state index in [0.29, 0.717) is 11.8 Å². The summed E-state index contributed by atoms with van der Waals surface area (Å²) in [6, 6.07) is 6.17. The number of aryl methyl sites for hydroxylation is 1. The lowest BCUT2D eigenvalue weighted by atomic mass is 10.0. The van der Waals surface area contributed by atoms with Crippen molar-refractivity contribution in [3.8, 4) is 11.5 Å². The molecule has 0 atom stereocenters. The van der Waals surface area contributed by atoms with Gasteiger partial charge in [0.25, 0.3) is 0 Å². The van der Waals surface area contributed by atoms with Crippen LogP contribution in [0.3, 0.4) is 0 Å². The molecule has 4 rings (SSSR count). The van der Waals surface area contributed by atoms with E-state index in [4.69, 9.17) is 14.3 Å². The van der Waals surface area contributed by atoms with Gasteiger partial charge in [0.2, 0.25) is 5.89 Å². The predicted octanol–water partition coefficient (Wildman–Crippen LogP) is 3.51. The minimum atomic E-state index is -0.271. The first-order valence-electron chi connectivity index (χ1n) is 10.8. The molecular formula is C23H30FN5O2. The highest BCUT2D eigenvalue weighted by Gasteiger charge is 2.24. The van der Waals surface area contributed by atoms with Gasteiger partial charge in [0.05, 0.1) is 24.6 Å². The standard InChI is InChI=1S/C23H30FN5O2/c1-16(2)21-20(23(28(3)27-21)29-10-12-30-13-11-29)14-25-9-8-19-15-31-22(26-19)17-4-6-18(24)7-5-17/h4-7,15-16,25H,8-14H2,1-3H3. The molecule has 1 aliphatic rings. The van der Waals surface area contributed by atoms with Gasteiger partial charge in [-0.2, -0.15) is 5.10 Å². The van der Waals surface area contributed by atoms with Gasteiger partial charge in [0, 0.05) is 50.8 Å². The smallest absolute Gasteiger partial charge is 0.226 e. The van der Waals surface area contributed by atoms with Crippen LogP contribution in [0, 0.1) is 5.82 Å². The highest BCUT2D eigenvalue weighted by molar-refractivity contribution is 5.53. The van der Waals surface area contributed by atoms with Crippen molar-refractivity contribution in [1.82, 2.24) is 20.1 Å². The van der Waals surface area contributed by atoms with Crippen LogP contribution in [0.1, 0.15) is 36.7 Å². The molecule has 31 heavy (non-hydrogen) atoms. The summed E-state index contributed by atoms with van der Waals surface area (Å²) in [5, 5.41) is 8.36. The van der Waals surface area contributed by atoms with E-state index in [1.165, 1.54) is 23.5 Å². The minimum absolute atomic E-state index is 0.271. The molecule has 0 unspecified atom stereocenters. The molecule has 8 heteroatoms. The summed E-state index contributed by atoms with van der Waals surface area (Å²) in [7, 11) is 2.02. The van der Waals surface area contributed by atoms with Crippen LogP contribution in [0.25, 0.3) is 11.5 Å². The van der Waals surface area contributed by atoms with Crippen molar-refractivity contribution < 1.29 is 13.5 Å². The lowest BCUT2D eigenvalue weighted by Gasteiger charge is -2.29. The Morgan fingerprint density at radius 3 is 2.61 bits per heavy atom. The molecule has 0 amide bonds. The normalized spacial score (nSPS) is 14.5. The van der Waals surface area contributed by atoms with E-state index in [-0.39, 0.29) is 5.82 Å². The summed E-state index contributed by atoms with van der Waals surface area (Å²) in [6.07, 6.45) is 2.41. The molecule has 2 aromatic heterocycles. The van der Waals surface area contributed by atoms with Crippen molar-refractivity contribution in [2.45, 2.75) is 32.7 Å². The molecule has 1 fully saturated rings. The van der Waals surface area contributed by atoms with E-state index in [9.17, 15) is 4.39 Å². The fourth-order valence-electron chi connectivity index (χ4n) is 3.96. The lowest BCUT2D eigenvalue weighted by molar-refractivity contribution is 0.122. The van der Waals surface area contributed by atoms with Crippen LogP contribution in [-0.4, -0.2) is 47.6 Å². The number of rotatable bonds is 8. The third-order valence-electron chi connectivity index (χ3n) is 5.50. The van der Waals surface area contributed by atoms with Crippen molar-refractivity contribution in [3.63, 3.8) is 0 Å². The Morgan fingerprint density at radius 2 is 1.90 bits per heavy atom. The number of halogens is 1. The molecule has 1 N–H and O–H groups in total. The van der Waals surface area contributed by atoms with Crippen molar-refractivity contribution in [2.75, 3.05) is 37.7 Å². The van der Waals surface area contributed by atoms with Gasteiger partial charge in [-0.3, -0.25) is 4.68 Å². The number of aromatic nitrogens is 3. The summed E-state index contributed by atoms with van der Waals surface area (Å²) in [6.45, 7) is 9.14. The SMILES string of the molecule is CC(C)c1nn(C)c(N2CCOCC2)c1CNCCc1coc(-c2ccc(F)cc2)n1. The van der Waals surface area contributed by atoms with Crippen LogP contribution in [0.2, 0.25) is 0 Å². The first-order chi connectivity index (χ1) is 15.0. The number of anilines is 1.